The van der Waals surface area contributed by atoms with E-state index in [0.29, 0.717) is 6.04 Å². The first-order chi connectivity index (χ1) is 7.31. The predicted octanol–water partition coefficient (Wildman–Crippen LogP) is 3.02. The van der Waals surface area contributed by atoms with Gasteiger partial charge in [-0.05, 0) is 38.0 Å². The maximum absolute atomic E-state index is 4.25. The molecule has 0 spiro atoms. The van der Waals surface area contributed by atoms with Crippen molar-refractivity contribution in [1.82, 2.24) is 10.2 Å². The van der Waals surface area contributed by atoms with Gasteiger partial charge in [-0.2, -0.15) is 0 Å². The molecule has 0 bridgehead atoms. The second-order valence-corrected chi connectivity index (χ2v) is 5.99. The average molecular weight is 223 g/mol. The number of nitrogens with one attached hydrogen (secondary N) is 1. The molecule has 15 heavy (non-hydrogen) atoms. The number of rotatable bonds is 3. The minimum atomic E-state index is 0.639. The monoisotopic (exact) mass is 223 g/mol. The first kappa shape index (κ1) is 9.58. The van der Waals surface area contributed by atoms with Crippen molar-refractivity contribution in [1.29, 1.82) is 0 Å². The average Bonchev–Trinajstić information content (AvgIpc) is 2.84. The van der Waals surface area contributed by atoms with Crippen molar-refractivity contribution in [3.63, 3.8) is 0 Å². The van der Waals surface area contributed by atoms with E-state index < -0.39 is 0 Å². The highest BCUT2D eigenvalue weighted by Gasteiger charge is 2.28. The highest BCUT2D eigenvalue weighted by molar-refractivity contribution is 7.15. The zero-order valence-electron chi connectivity index (χ0n) is 9.07. The Morgan fingerprint density at radius 2 is 2.07 bits per heavy atom. The first-order valence-corrected chi connectivity index (χ1v) is 6.73. The summed E-state index contributed by atoms with van der Waals surface area (Å²) in [6, 6.07) is 0.639. The van der Waals surface area contributed by atoms with Gasteiger partial charge < -0.3 is 5.32 Å². The largest absolute Gasteiger partial charge is 0.357 e. The summed E-state index contributed by atoms with van der Waals surface area (Å²) in [5, 5.41) is 14.3. The Morgan fingerprint density at radius 1 is 1.20 bits per heavy atom. The van der Waals surface area contributed by atoms with Gasteiger partial charge in [0.05, 0.1) is 0 Å². The molecule has 2 aliphatic carbocycles. The van der Waals surface area contributed by atoms with Crippen LogP contribution in [0.5, 0.6) is 0 Å². The molecule has 2 fully saturated rings. The Kier molecular flexibility index (Phi) is 2.39. The zero-order chi connectivity index (χ0) is 10.3. The van der Waals surface area contributed by atoms with E-state index in [1.54, 1.807) is 11.3 Å². The van der Waals surface area contributed by atoms with Crippen LogP contribution in [0.2, 0.25) is 0 Å². The number of hydrogen-bond donors (Lipinski definition) is 1. The molecular formula is C11H17N3S. The minimum Gasteiger partial charge on any atom is -0.357 e. The van der Waals surface area contributed by atoms with E-state index in [9.17, 15) is 0 Å². The molecule has 0 amide bonds. The van der Waals surface area contributed by atoms with Crippen LogP contribution in [-0.2, 0) is 0 Å². The third kappa shape index (κ3) is 2.14. The lowest BCUT2D eigenvalue weighted by atomic mass is 10.1. The summed E-state index contributed by atoms with van der Waals surface area (Å²) in [5.41, 5.74) is 0. The highest BCUT2D eigenvalue weighted by atomic mass is 32.1. The Bertz CT molecular complexity index is 345. The van der Waals surface area contributed by atoms with Crippen LogP contribution in [0.15, 0.2) is 0 Å². The van der Waals surface area contributed by atoms with Gasteiger partial charge >= 0.3 is 0 Å². The van der Waals surface area contributed by atoms with Crippen molar-refractivity contribution in [3.05, 3.63) is 5.01 Å². The van der Waals surface area contributed by atoms with Crippen LogP contribution in [0, 0.1) is 5.92 Å². The second kappa shape index (κ2) is 3.74. The minimum absolute atomic E-state index is 0.639. The van der Waals surface area contributed by atoms with Crippen LogP contribution in [0.3, 0.4) is 0 Å². The normalized spacial score (nSPS) is 30.7. The molecule has 1 aromatic rings. The third-order valence-corrected chi connectivity index (χ3v) is 4.41. The summed E-state index contributed by atoms with van der Waals surface area (Å²) >= 11 is 1.76. The summed E-state index contributed by atoms with van der Waals surface area (Å²) in [5.74, 6) is 1.61. The first-order valence-electron chi connectivity index (χ1n) is 5.91. The highest BCUT2D eigenvalue weighted by Crippen LogP contribution is 2.42. The summed E-state index contributed by atoms with van der Waals surface area (Å²) in [4.78, 5) is 0. The zero-order valence-corrected chi connectivity index (χ0v) is 9.89. The fraction of sp³-hybridized carbons (Fsp3) is 0.818. The maximum Gasteiger partial charge on any atom is 0.205 e. The van der Waals surface area contributed by atoms with Crippen LogP contribution in [0.25, 0.3) is 0 Å². The molecule has 2 saturated carbocycles. The molecular weight excluding hydrogens is 206 g/mol. The summed E-state index contributed by atoms with van der Waals surface area (Å²) in [6.07, 6.45) is 6.56. The van der Waals surface area contributed by atoms with E-state index in [4.69, 9.17) is 0 Å². The van der Waals surface area contributed by atoms with Crippen molar-refractivity contribution < 1.29 is 0 Å². The molecule has 2 unspecified atom stereocenters. The Balaban J connectivity index is 1.61. The number of aromatic nitrogens is 2. The number of anilines is 1. The van der Waals surface area contributed by atoms with Gasteiger partial charge in [0.25, 0.3) is 0 Å². The fourth-order valence-corrected chi connectivity index (χ4v) is 3.29. The molecule has 3 rings (SSSR count). The van der Waals surface area contributed by atoms with Crippen LogP contribution in [-0.4, -0.2) is 16.2 Å². The van der Waals surface area contributed by atoms with E-state index in [-0.39, 0.29) is 0 Å². The molecule has 4 heteroatoms. The van der Waals surface area contributed by atoms with Gasteiger partial charge in [0, 0.05) is 12.0 Å². The van der Waals surface area contributed by atoms with Gasteiger partial charge in [0.1, 0.15) is 5.01 Å². The van der Waals surface area contributed by atoms with Crippen LogP contribution in [0.4, 0.5) is 5.13 Å². The SMILES string of the molecule is CC1CCC(Nc2nnc(C3CC3)s2)C1. The molecule has 0 saturated heterocycles. The topological polar surface area (TPSA) is 37.8 Å². The summed E-state index contributed by atoms with van der Waals surface area (Å²) in [7, 11) is 0. The van der Waals surface area contributed by atoms with Crippen molar-refractivity contribution in [2.75, 3.05) is 5.32 Å². The lowest BCUT2D eigenvalue weighted by molar-refractivity contribution is 0.602. The smallest absolute Gasteiger partial charge is 0.205 e. The molecule has 1 N–H and O–H groups in total. The quantitative estimate of drug-likeness (QED) is 0.856. The number of hydrogen-bond acceptors (Lipinski definition) is 4. The Morgan fingerprint density at radius 3 is 2.73 bits per heavy atom. The van der Waals surface area contributed by atoms with E-state index in [0.717, 1.165) is 17.0 Å². The maximum atomic E-state index is 4.25. The van der Waals surface area contributed by atoms with E-state index in [1.165, 1.54) is 37.1 Å². The van der Waals surface area contributed by atoms with Crippen molar-refractivity contribution in [2.24, 2.45) is 5.92 Å². The lowest BCUT2D eigenvalue weighted by Crippen LogP contribution is -2.14. The summed E-state index contributed by atoms with van der Waals surface area (Å²) in [6.45, 7) is 2.33. The van der Waals surface area contributed by atoms with E-state index in [1.807, 2.05) is 0 Å². The van der Waals surface area contributed by atoms with Crippen molar-refractivity contribution in [3.8, 4) is 0 Å². The molecule has 0 radical (unpaired) electrons. The molecule has 82 valence electrons. The molecule has 1 heterocycles. The van der Waals surface area contributed by atoms with E-state index >= 15 is 0 Å². The predicted molar refractivity (Wildman–Crippen MR) is 62.3 cm³/mol. The van der Waals surface area contributed by atoms with Crippen LogP contribution in [0.1, 0.15) is 50.0 Å². The third-order valence-electron chi connectivity index (χ3n) is 3.39. The Hall–Kier alpha value is -0.640. The van der Waals surface area contributed by atoms with Gasteiger partial charge in [0.15, 0.2) is 0 Å². The van der Waals surface area contributed by atoms with Crippen molar-refractivity contribution >= 4 is 16.5 Å². The van der Waals surface area contributed by atoms with Gasteiger partial charge in [-0.3, -0.25) is 0 Å². The summed E-state index contributed by atoms with van der Waals surface area (Å²) < 4.78 is 0. The molecule has 3 nitrogen and oxygen atoms in total. The van der Waals surface area contributed by atoms with Gasteiger partial charge in [-0.15, -0.1) is 10.2 Å². The molecule has 0 aliphatic heterocycles. The molecule has 1 aromatic heterocycles. The van der Waals surface area contributed by atoms with Crippen LogP contribution >= 0.6 is 11.3 Å². The fourth-order valence-electron chi connectivity index (χ4n) is 2.30. The van der Waals surface area contributed by atoms with Gasteiger partial charge in [-0.1, -0.05) is 18.3 Å². The van der Waals surface area contributed by atoms with Gasteiger partial charge in [-0.25, -0.2) is 0 Å². The van der Waals surface area contributed by atoms with Gasteiger partial charge in [0.2, 0.25) is 5.13 Å². The standard InChI is InChI=1S/C11H17N3S/c1-7-2-5-9(6-7)12-11-14-13-10(15-11)8-3-4-8/h7-9H,2-6H2,1H3,(H,12,14). The second-order valence-electron chi connectivity index (χ2n) is 4.98. The van der Waals surface area contributed by atoms with E-state index in [2.05, 4.69) is 22.4 Å². The number of nitrogens with zero attached hydrogens (tertiary/aromatic N) is 2. The molecule has 2 atom stereocenters. The molecule has 0 aromatic carbocycles. The van der Waals surface area contributed by atoms with Crippen molar-refractivity contribution in [2.45, 2.75) is 51.0 Å². The lowest BCUT2D eigenvalue weighted by Gasteiger charge is -2.09. The Labute approximate surface area is 94.3 Å². The van der Waals surface area contributed by atoms with Crippen LogP contribution < -0.4 is 5.32 Å². The molecule has 2 aliphatic rings.